The van der Waals surface area contributed by atoms with E-state index in [2.05, 4.69) is 18.7 Å². The molecule has 0 spiro atoms. The number of ether oxygens (including phenoxy) is 1. The number of fused-ring (bicyclic) bond motifs is 1. The number of methoxy groups -OCH3 is 1. The van der Waals surface area contributed by atoms with Gasteiger partial charge in [-0.15, -0.1) is 0 Å². The summed E-state index contributed by atoms with van der Waals surface area (Å²) < 4.78 is 9.01. The van der Waals surface area contributed by atoms with Crippen LogP contribution in [0.1, 0.15) is 24.2 Å². The molecule has 6 nitrogen and oxygen atoms in total. The Labute approximate surface area is 165 Å². The number of carbonyl (C=O) groups excluding carboxylic acids is 1. The first-order valence-corrected chi connectivity index (χ1v) is 9.71. The number of nitrogens with one attached hydrogen (secondary N) is 1. The van der Waals surface area contributed by atoms with Gasteiger partial charge >= 0.3 is 0 Å². The molecule has 28 heavy (non-hydrogen) atoms. The largest absolute Gasteiger partial charge is 0.497 e. The Balaban J connectivity index is 1.94. The van der Waals surface area contributed by atoms with Gasteiger partial charge in [0.1, 0.15) is 5.75 Å². The summed E-state index contributed by atoms with van der Waals surface area (Å²) in [6.07, 6.45) is 0. The summed E-state index contributed by atoms with van der Waals surface area (Å²) in [4.78, 5) is 15.2. The lowest BCUT2D eigenvalue weighted by Crippen LogP contribution is -2.32. The number of hydrogen-bond acceptors (Lipinski definition) is 4. The molecule has 1 heterocycles. The van der Waals surface area contributed by atoms with Gasteiger partial charge in [0.2, 0.25) is 5.62 Å². The average Bonchev–Trinajstić information content (AvgIpc) is 3.00. The number of hydrogen-bond donors (Lipinski definition) is 1. The number of carbonyl (C=O) groups is 1. The highest BCUT2D eigenvalue weighted by atomic mass is 16.5. The third kappa shape index (κ3) is 4.02. The van der Waals surface area contributed by atoms with Crippen molar-refractivity contribution in [1.29, 1.82) is 5.41 Å². The number of aromatic nitrogens is 2. The maximum absolute atomic E-state index is 12.9. The smallest absolute Gasteiger partial charge is 0.203 e. The normalized spacial score (nSPS) is 11.3. The van der Waals surface area contributed by atoms with Crippen LogP contribution in [-0.4, -0.2) is 46.6 Å². The molecule has 3 aromatic rings. The van der Waals surface area contributed by atoms with Gasteiger partial charge < -0.3 is 18.8 Å². The summed E-state index contributed by atoms with van der Waals surface area (Å²) in [5, 5.41) is 8.70. The van der Waals surface area contributed by atoms with Gasteiger partial charge in [-0.1, -0.05) is 38.1 Å². The van der Waals surface area contributed by atoms with Gasteiger partial charge in [0.25, 0.3) is 0 Å². The molecule has 1 N–H and O–H groups in total. The molecule has 3 rings (SSSR count). The predicted molar refractivity (Wildman–Crippen MR) is 111 cm³/mol. The molecule has 0 aliphatic rings. The zero-order valence-corrected chi connectivity index (χ0v) is 16.8. The van der Waals surface area contributed by atoms with Crippen molar-refractivity contribution >= 4 is 16.8 Å². The molecule has 0 atom stereocenters. The van der Waals surface area contributed by atoms with Crippen molar-refractivity contribution in [1.82, 2.24) is 14.0 Å². The lowest BCUT2D eigenvalue weighted by atomic mass is 10.1. The molecule has 6 heteroatoms. The van der Waals surface area contributed by atoms with Crippen LogP contribution >= 0.6 is 0 Å². The van der Waals surface area contributed by atoms with E-state index in [0.717, 1.165) is 37.2 Å². The summed E-state index contributed by atoms with van der Waals surface area (Å²) in [5.41, 5.74) is 2.83. The van der Waals surface area contributed by atoms with Gasteiger partial charge in [0.05, 0.1) is 24.7 Å². The van der Waals surface area contributed by atoms with Gasteiger partial charge in [0, 0.05) is 18.7 Å². The predicted octanol–water partition coefficient (Wildman–Crippen LogP) is 3.16. The molecule has 0 bridgehead atoms. The molecule has 1 aromatic heterocycles. The third-order valence-electron chi connectivity index (χ3n) is 5.20. The van der Waals surface area contributed by atoms with E-state index in [1.54, 1.807) is 23.8 Å². The Bertz CT molecular complexity index is 1010. The molecule has 0 amide bonds. The molecule has 0 fully saturated rings. The van der Waals surface area contributed by atoms with E-state index in [4.69, 9.17) is 10.1 Å². The Morgan fingerprint density at radius 2 is 1.71 bits per heavy atom. The molecular formula is C22H28N4O2. The zero-order chi connectivity index (χ0) is 20.1. The third-order valence-corrected chi connectivity index (χ3v) is 5.20. The van der Waals surface area contributed by atoms with E-state index in [9.17, 15) is 4.79 Å². The van der Waals surface area contributed by atoms with Crippen molar-refractivity contribution in [2.45, 2.75) is 26.9 Å². The van der Waals surface area contributed by atoms with Crippen molar-refractivity contribution in [3.63, 3.8) is 0 Å². The number of likely N-dealkylation sites (N-methyl/N-ethyl adjacent to an activating group) is 1. The average molecular weight is 380 g/mol. The summed E-state index contributed by atoms with van der Waals surface area (Å²) in [6.45, 7) is 7.99. The maximum Gasteiger partial charge on any atom is 0.203 e. The van der Waals surface area contributed by atoms with E-state index in [1.165, 1.54) is 0 Å². The van der Waals surface area contributed by atoms with Crippen LogP contribution in [0.5, 0.6) is 5.75 Å². The first-order chi connectivity index (χ1) is 13.6. The fourth-order valence-corrected chi connectivity index (χ4v) is 3.49. The SMILES string of the molecule is CCN(CC)CCn1c(=N)n(CC(=O)c2cccc(OC)c2)c2ccccc21. The number of benzene rings is 2. The van der Waals surface area contributed by atoms with Gasteiger partial charge in [-0.25, -0.2) is 0 Å². The highest BCUT2D eigenvalue weighted by Crippen LogP contribution is 2.16. The van der Waals surface area contributed by atoms with Crippen LogP contribution in [0, 0.1) is 5.41 Å². The Kier molecular flexibility index (Phi) is 6.31. The minimum atomic E-state index is -0.0379. The maximum atomic E-state index is 12.9. The quantitative estimate of drug-likeness (QED) is 0.580. The van der Waals surface area contributed by atoms with E-state index >= 15 is 0 Å². The van der Waals surface area contributed by atoms with Gasteiger partial charge in [-0.3, -0.25) is 10.2 Å². The fourth-order valence-electron chi connectivity index (χ4n) is 3.49. The molecule has 0 aliphatic carbocycles. The van der Waals surface area contributed by atoms with Crippen LogP contribution in [0.15, 0.2) is 48.5 Å². The Morgan fingerprint density at radius 1 is 1.04 bits per heavy atom. The lowest BCUT2D eigenvalue weighted by Gasteiger charge is -2.18. The molecule has 0 saturated carbocycles. The second kappa shape index (κ2) is 8.89. The molecule has 0 unspecified atom stereocenters. The van der Waals surface area contributed by atoms with Crippen molar-refractivity contribution in [3.8, 4) is 5.75 Å². The topological polar surface area (TPSA) is 63.2 Å². The second-order valence-electron chi connectivity index (χ2n) is 6.73. The van der Waals surface area contributed by atoms with Crippen LogP contribution < -0.4 is 10.4 Å². The van der Waals surface area contributed by atoms with E-state index < -0.39 is 0 Å². The van der Waals surface area contributed by atoms with E-state index in [0.29, 0.717) is 16.9 Å². The first kappa shape index (κ1) is 19.9. The molecule has 148 valence electrons. The van der Waals surface area contributed by atoms with Crippen molar-refractivity contribution in [2.24, 2.45) is 0 Å². The minimum absolute atomic E-state index is 0.0379. The van der Waals surface area contributed by atoms with Crippen molar-refractivity contribution < 1.29 is 9.53 Å². The molecule has 0 aliphatic heterocycles. The summed E-state index contributed by atoms with van der Waals surface area (Å²) >= 11 is 0. The van der Waals surface area contributed by atoms with Crippen LogP contribution in [0.25, 0.3) is 11.0 Å². The van der Waals surface area contributed by atoms with Crippen LogP contribution in [0.4, 0.5) is 0 Å². The number of para-hydroxylation sites is 2. The fraction of sp³-hybridized carbons (Fsp3) is 0.364. The summed E-state index contributed by atoms with van der Waals surface area (Å²) in [5.74, 6) is 0.618. The Hall–Kier alpha value is -2.86. The first-order valence-electron chi connectivity index (χ1n) is 9.71. The van der Waals surface area contributed by atoms with E-state index in [-0.39, 0.29) is 12.3 Å². The summed E-state index contributed by atoms with van der Waals surface area (Å²) in [6, 6.07) is 15.1. The molecule has 2 aromatic carbocycles. The lowest BCUT2D eigenvalue weighted by molar-refractivity contribution is 0.0971. The minimum Gasteiger partial charge on any atom is -0.497 e. The van der Waals surface area contributed by atoms with Crippen molar-refractivity contribution in [3.05, 3.63) is 59.7 Å². The highest BCUT2D eigenvalue weighted by molar-refractivity contribution is 5.97. The Morgan fingerprint density at radius 3 is 2.36 bits per heavy atom. The highest BCUT2D eigenvalue weighted by Gasteiger charge is 2.15. The van der Waals surface area contributed by atoms with Gasteiger partial charge in [-0.2, -0.15) is 0 Å². The van der Waals surface area contributed by atoms with Crippen LogP contribution in [-0.2, 0) is 13.1 Å². The number of Topliss-reactive ketones (excluding diaryl/α,β-unsaturated/α-hetero) is 1. The molecule has 0 radical (unpaired) electrons. The standard InChI is InChI=1S/C22H28N4O2/c1-4-24(5-2)13-14-25-19-11-6-7-12-20(19)26(22(25)23)16-21(27)17-9-8-10-18(15-17)28-3/h6-12,15,23H,4-5,13-14,16H2,1-3H3. The molecular weight excluding hydrogens is 352 g/mol. The van der Waals surface area contributed by atoms with Crippen LogP contribution in [0.2, 0.25) is 0 Å². The number of nitrogens with zero attached hydrogens (tertiary/aromatic N) is 3. The monoisotopic (exact) mass is 380 g/mol. The number of imidazole rings is 1. The van der Waals surface area contributed by atoms with E-state index in [1.807, 2.05) is 41.0 Å². The molecule has 0 saturated heterocycles. The van der Waals surface area contributed by atoms with Gasteiger partial charge in [-0.05, 0) is 37.4 Å². The summed E-state index contributed by atoms with van der Waals surface area (Å²) in [7, 11) is 1.59. The number of rotatable bonds is 9. The van der Waals surface area contributed by atoms with Gasteiger partial charge in [0.15, 0.2) is 5.78 Å². The second-order valence-corrected chi connectivity index (χ2v) is 6.73. The van der Waals surface area contributed by atoms with Crippen molar-refractivity contribution in [2.75, 3.05) is 26.7 Å². The zero-order valence-electron chi connectivity index (χ0n) is 16.8. The van der Waals surface area contributed by atoms with Crippen LogP contribution in [0.3, 0.4) is 0 Å². The number of ketones is 1.